The van der Waals surface area contributed by atoms with Crippen LogP contribution >= 0.6 is 11.6 Å². The zero-order chi connectivity index (χ0) is 11.3. The summed E-state index contributed by atoms with van der Waals surface area (Å²) in [5.41, 5.74) is 5.64. The van der Waals surface area contributed by atoms with Gasteiger partial charge in [0.25, 0.3) is 0 Å². The average molecular weight is 228 g/mol. The number of hydrogen-bond acceptors (Lipinski definition) is 3. The zero-order valence-corrected chi connectivity index (χ0v) is 9.29. The van der Waals surface area contributed by atoms with E-state index in [0.29, 0.717) is 17.3 Å². The Kier molecular flexibility index (Phi) is 4.52. The Morgan fingerprint density at radius 3 is 3.07 bits per heavy atom. The molecule has 0 saturated carbocycles. The highest BCUT2D eigenvalue weighted by molar-refractivity contribution is 6.33. The lowest BCUT2D eigenvalue weighted by molar-refractivity contribution is -0.117. The highest BCUT2D eigenvalue weighted by Gasteiger charge is 2.13. The van der Waals surface area contributed by atoms with Gasteiger partial charge in [-0.2, -0.15) is 0 Å². The van der Waals surface area contributed by atoms with Gasteiger partial charge in [-0.1, -0.05) is 24.9 Å². The van der Waals surface area contributed by atoms with Gasteiger partial charge in [-0.25, -0.2) is 4.98 Å². The smallest absolute Gasteiger partial charge is 0.242 e. The van der Waals surface area contributed by atoms with E-state index in [-0.39, 0.29) is 5.91 Å². The maximum absolute atomic E-state index is 11.5. The van der Waals surface area contributed by atoms with Crippen LogP contribution in [0.3, 0.4) is 0 Å². The first kappa shape index (κ1) is 11.9. The van der Waals surface area contributed by atoms with Crippen molar-refractivity contribution in [2.75, 3.05) is 5.32 Å². The molecule has 5 heteroatoms. The molecule has 0 radical (unpaired) electrons. The van der Waals surface area contributed by atoms with Crippen LogP contribution in [-0.4, -0.2) is 16.9 Å². The fourth-order valence-corrected chi connectivity index (χ4v) is 1.30. The minimum Gasteiger partial charge on any atom is -0.320 e. The van der Waals surface area contributed by atoms with Crippen LogP contribution in [-0.2, 0) is 4.79 Å². The second kappa shape index (κ2) is 5.68. The maximum Gasteiger partial charge on any atom is 0.242 e. The summed E-state index contributed by atoms with van der Waals surface area (Å²) < 4.78 is 0. The second-order valence-corrected chi connectivity index (χ2v) is 3.63. The van der Waals surface area contributed by atoms with Gasteiger partial charge >= 0.3 is 0 Å². The molecule has 0 bridgehead atoms. The third-order valence-electron chi connectivity index (χ3n) is 1.94. The lowest BCUT2D eigenvalue weighted by Crippen LogP contribution is -2.35. The van der Waals surface area contributed by atoms with Crippen LogP contribution in [0, 0.1) is 0 Å². The molecule has 0 spiro atoms. The largest absolute Gasteiger partial charge is 0.320 e. The Morgan fingerprint density at radius 1 is 1.73 bits per heavy atom. The number of aromatic nitrogens is 1. The van der Waals surface area contributed by atoms with Gasteiger partial charge in [0, 0.05) is 6.20 Å². The number of halogens is 1. The van der Waals surface area contributed by atoms with Crippen LogP contribution in [0.25, 0.3) is 0 Å². The second-order valence-electron chi connectivity index (χ2n) is 3.22. The van der Waals surface area contributed by atoms with Crippen LogP contribution < -0.4 is 11.1 Å². The predicted octanol–water partition coefficient (Wildman–Crippen LogP) is 1.80. The summed E-state index contributed by atoms with van der Waals surface area (Å²) in [6, 6.07) is 2.85. The molecule has 0 unspecified atom stereocenters. The van der Waals surface area contributed by atoms with Crippen LogP contribution in [0.15, 0.2) is 18.3 Å². The SMILES string of the molecule is CCC[C@H](N)C(=O)Nc1ncccc1Cl. The summed E-state index contributed by atoms with van der Waals surface area (Å²) in [6.45, 7) is 1.97. The lowest BCUT2D eigenvalue weighted by Gasteiger charge is -2.10. The van der Waals surface area contributed by atoms with Gasteiger partial charge < -0.3 is 11.1 Å². The van der Waals surface area contributed by atoms with E-state index in [2.05, 4.69) is 10.3 Å². The molecule has 4 nitrogen and oxygen atoms in total. The van der Waals surface area contributed by atoms with E-state index in [1.54, 1.807) is 18.3 Å². The Balaban J connectivity index is 2.62. The number of pyridine rings is 1. The van der Waals surface area contributed by atoms with E-state index in [1.807, 2.05) is 6.92 Å². The Morgan fingerprint density at radius 2 is 2.47 bits per heavy atom. The molecule has 0 aliphatic rings. The molecule has 1 aromatic rings. The molecule has 1 heterocycles. The summed E-state index contributed by atoms with van der Waals surface area (Å²) in [5.74, 6) is 0.105. The quantitative estimate of drug-likeness (QED) is 0.824. The van der Waals surface area contributed by atoms with Gasteiger partial charge in [-0.15, -0.1) is 0 Å². The van der Waals surface area contributed by atoms with E-state index < -0.39 is 6.04 Å². The number of rotatable bonds is 4. The number of nitrogens with two attached hydrogens (primary N) is 1. The van der Waals surface area contributed by atoms with Crippen molar-refractivity contribution in [1.82, 2.24) is 4.98 Å². The van der Waals surface area contributed by atoms with Gasteiger partial charge in [-0.3, -0.25) is 4.79 Å². The minimum absolute atomic E-state index is 0.252. The van der Waals surface area contributed by atoms with Crippen LogP contribution in [0.4, 0.5) is 5.82 Å². The van der Waals surface area contributed by atoms with E-state index >= 15 is 0 Å². The van der Waals surface area contributed by atoms with Gasteiger partial charge in [0.05, 0.1) is 11.1 Å². The maximum atomic E-state index is 11.5. The summed E-state index contributed by atoms with van der Waals surface area (Å²) >= 11 is 5.83. The number of nitrogens with zero attached hydrogens (tertiary/aromatic N) is 1. The molecule has 0 fully saturated rings. The molecule has 1 rings (SSSR count). The van der Waals surface area contributed by atoms with E-state index in [0.717, 1.165) is 6.42 Å². The monoisotopic (exact) mass is 227 g/mol. The van der Waals surface area contributed by atoms with Crippen LogP contribution in [0.5, 0.6) is 0 Å². The Labute approximate surface area is 93.8 Å². The molecule has 1 aromatic heterocycles. The summed E-state index contributed by atoms with van der Waals surface area (Å²) in [4.78, 5) is 15.5. The van der Waals surface area contributed by atoms with Gasteiger partial charge in [0.15, 0.2) is 5.82 Å². The Bertz CT molecular complexity index is 343. The highest BCUT2D eigenvalue weighted by atomic mass is 35.5. The van der Waals surface area contributed by atoms with Gasteiger partial charge in [0.2, 0.25) is 5.91 Å². The third-order valence-corrected chi connectivity index (χ3v) is 2.24. The molecule has 15 heavy (non-hydrogen) atoms. The van der Waals surface area contributed by atoms with Crippen molar-refractivity contribution in [3.63, 3.8) is 0 Å². The van der Waals surface area contributed by atoms with Gasteiger partial charge in [-0.05, 0) is 18.6 Å². The molecule has 0 saturated heterocycles. The molecular formula is C10H14ClN3O. The standard InChI is InChI=1S/C10H14ClN3O/c1-2-4-8(12)10(15)14-9-7(11)5-3-6-13-9/h3,5-6,8H,2,4,12H2,1H3,(H,13,14,15)/t8-/m0/s1. The molecule has 0 aliphatic heterocycles. The summed E-state index contributed by atoms with van der Waals surface area (Å²) in [7, 11) is 0. The lowest BCUT2D eigenvalue weighted by atomic mass is 10.2. The van der Waals surface area contributed by atoms with E-state index in [1.165, 1.54) is 0 Å². The first-order valence-electron chi connectivity index (χ1n) is 4.82. The molecule has 1 atom stereocenters. The number of anilines is 1. The first-order chi connectivity index (χ1) is 7.15. The fourth-order valence-electron chi connectivity index (χ4n) is 1.13. The molecular weight excluding hydrogens is 214 g/mol. The van der Waals surface area contributed by atoms with Crippen LogP contribution in [0.1, 0.15) is 19.8 Å². The third kappa shape index (κ3) is 3.49. The molecule has 82 valence electrons. The minimum atomic E-state index is -0.506. The topological polar surface area (TPSA) is 68.0 Å². The zero-order valence-electron chi connectivity index (χ0n) is 8.53. The fraction of sp³-hybridized carbons (Fsp3) is 0.400. The van der Waals surface area contributed by atoms with Crippen molar-refractivity contribution in [3.8, 4) is 0 Å². The van der Waals surface area contributed by atoms with Crippen molar-refractivity contribution in [1.29, 1.82) is 0 Å². The number of carbonyl (C=O) groups excluding carboxylic acids is 1. The average Bonchev–Trinajstić information content (AvgIpc) is 2.21. The van der Waals surface area contributed by atoms with E-state index in [4.69, 9.17) is 17.3 Å². The van der Waals surface area contributed by atoms with Crippen molar-refractivity contribution in [2.24, 2.45) is 5.73 Å². The molecule has 0 aliphatic carbocycles. The van der Waals surface area contributed by atoms with E-state index in [9.17, 15) is 4.79 Å². The van der Waals surface area contributed by atoms with Crippen molar-refractivity contribution >= 4 is 23.3 Å². The summed E-state index contributed by atoms with van der Waals surface area (Å²) in [6.07, 6.45) is 3.08. The van der Waals surface area contributed by atoms with Crippen molar-refractivity contribution in [2.45, 2.75) is 25.8 Å². The summed E-state index contributed by atoms with van der Waals surface area (Å²) in [5, 5.41) is 3.00. The van der Waals surface area contributed by atoms with Gasteiger partial charge in [0.1, 0.15) is 0 Å². The normalized spacial score (nSPS) is 12.2. The molecule has 0 aromatic carbocycles. The predicted molar refractivity (Wildman–Crippen MR) is 60.8 cm³/mol. The van der Waals surface area contributed by atoms with Crippen molar-refractivity contribution < 1.29 is 4.79 Å². The van der Waals surface area contributed by atoms with Crippen LogP contribution in [0.2, 0.25) is 5.02 Å². The number of amides is 1. The first-order valence-corrected chi connectivity index (χ1v) is 5.20. The molecule has 1 amide bonds. The van der Waals surface area contributed by atoms with Crippen molar-refractivity contribution in [3.05, 3.63) is 23.4 Å². The number of hydrogen-bond donors (Lipinski definition) is 2. The number of carbonyl (C=O) groups is 1. The highest BCUT2D eigenvalue weighted by Crippen LogP contribution is 2.17. The Hall–Kier alpha value is -1.13. The number of nitrogens with one attached hydrogen (secondary N) is 1. The molecule has 3 N–H and O–H groups in total.